The van der Waals surface area contributed by atoms with Gasteiger partial charge in [0, 0.05) is 11.4 Å². The third-order valence-electron chi connectivity index (χ3n) is 2.74. The third kappa shape index (κ3) is 3.31. The van der Waals surface area contributed by atoms with Crippen LogP contribution >= 0.6 is 11.8 Å². The first-order valence-electron chi connectivity index (χ1n) is 5.66. The number of ether oxygens (including phenoxy) is 1. The monoisotopic (exact) mass is 282 g/mol. The Morgan fingerprint density at radius 3 is 2.74 bits per heavy atom. The molecule has 0 spiro atoms. The van der Waals surface area contributed by atoms with E-state index in [1.165, 1.54) is 16.7 Å². The highest BCUT2D eigenvalue weighted by Gasteiger charge is 2.35. The van der Waals surface area contributed by atoms with Crippen LogP contribution in [-0.2, 0) is 16.1 Å². The van der Waals surface area contributed by atoms with E-state index in [9.17, 15) is 9.59 Å². The third-order valence-corrected chi connectivity index (χ3v) is 3.76. The minimum absolute atomic E-state index is 0.104. The summed E-state index contributed by atoms with van der Waals surface area (Å²) in [7, 11) is 0. The lowest BCUT2D eigenvalue weighted by Crippen LogP contribution is -2.41. The van der Waals surface area contributed by atoms with Crippen molar-refractivity contribution in [3.05, 3.63) is 29.8 Å². The van der Waals surface area contributed by atoms with Gasteiger partial charge < -0.3 is 15.6 Å². The van der Waals surface area contributed by atoms with Crippen molar-refractivity contribution in [3.8, 4) is 0 Å². The van der Waals surface area contributed by atoms with Crippen LogP contribution in [0.2, 0.25) is 0 Å². The van der Waals surface area contributed by atoms with Crippen LogP contribution < -0.4 is 5.73 Å². The molecule has 0 bridgehead atoms. The van der Waals surface area contributed by atoms with Crippen molar-refractivity contribution in [3.63, 3.8) is 0 Å². The number of hydrogen-bond donors (Lipinski definition) is 2. The molecular weight excluding hydrogens is 268 g/mol. The average molecular weight is 282 g/mol. The molecular formula is C12H14N2O4S. The number of amides is 1. The van der Waals surface area contributed by atoms with Crippen molar-refractivity contribution in [2.75, 3.05) is 17.4 Å². The summed E-state index contributed by atoms with van der Waals surface area (Å²) in [5.74, 6) is -0.265. The van der Waals surface area contributed by atoms with Gasteiger partial charge in [-0.2, -0.15) is 0 Å². The van der Waals surface area contributed by atoms with Gasteiger partial charge in [0.1, 0.15) is 12.6 Å². The average Bonchev–Trinajstić information content (AvgIpc) is 2.87. The van der Waals surface area contributed by atoms with E-state index < -0.39 is 18.1 Å². The Bertz CT molecular complexity index is 477. The first-order chi connectivity index (χ1) is 9.08. The largest absolute Gasteiger partial charge is 0.480 e. The molecule has 0 radical (unpaired) electrons. The molecule has 3 N–H and O–H groups in total. The van der Waals surface area contributed by atoms with Crippen LogP contribution in [-0.4, -0.2) is 39.7 Å². The number of nitrogen functional groups attached to an aromatic ring is 1. The van der Waals surface area contributed by atoms with Crippen LogP contribution in [0.25, 0.3) is 0 Å². The number of carbonyl (C=O) groups excluding carboxylic acids is 1. The zero-order valence-electron chi connectivity index (χ0n) is 10.1. The second kappa shape index (κ2) is 5.83. The van der Waals surface area contributed by atoms with Crippen molar-refractivity contribution in [1.82, 2.24) is 4.90 Å². The van der Waals surface area contributed by atoms with Crippen LogP contribution in [0.15, 0.2) is 24.3 Å². The van der Waals surface area contributed by atoms with Gasteiger partial charge in [0.25, 0.3) is 0 Å². The van der Waals surface area contributed by atoms with E-state index >= 15 is 0 Å². The lowest BCUT2D eigenvalue weighted by atomic mass is 10.2. The predicted octanol–water partition coefficient (Wildman–Crippen LogP) is 1.36. The molecule has 0 aromatic heterocycles. The Morgan fingerprint density at radius 2 is 2.11 bits per heavy atom. The van der Waals surface area contributed by atoms with Gasteiger partial charge in [0.15, 0.2) is 0 Å². The standard InChI is InChI=1S/C12H14N2O4S/c13-9-3-1-8(2-4-9)5-18-12(17)14-7-19-6-10(14)11(15)16/h1-4,10H,5-7,13H2,(H,15,16)/t10-/m0/s1. The summed E-state index contributed by atoms with van der Waals surface area (Å²) in [4.78, 5) is 24.0. The Hall–Kier alpha value is -1.89. The molecule has 0 unspecified atom stereocenters. The molecule has 1 aromatic rings. The number of carboxylic acids is 1. The smallest absolute Gasteiger partial charge is 0.411 e. The van der Waals surface area contributed by atoms with Gasteiger partial charge in [-0.3, -0.25) is 4.90 Å². The maximum absolute atomic E-state index is 11.8. The molecule has 1 atom stereocenters. The fraction of sp³-hybridized carbons (Fsp3) is 0.333. The fourth-order valence-corrected chi connectivity index (χ4v) is 2.80. The Kier molecular flexibility index (Phi) is 4.16. The molecule has 1 amide bonds. The maximum atomic E-state index is 11.8. The van der Waals surface area contributed by atoms with E-state index in [4.69, 9.17) is 15.6 Å². The summed E-state index contributed by atoms with van der Waals surface area (Å²) < 4.78 is 5.10. The number of nitrogens with zero attached hydrogens (tertiary/aromatic N) is 1. The number of aliphatic carboxylic acids is 1. The van der Waals surface area contributed by atoms with E-state index in [1.807, 2.05) is 0 Å². The molecule has 1 heterocycles. The zero-order valence-corrected chi connectivity index (χ0v) is 10.9. The number of hydrogen-bond acceptors (Lipinski definition) is 5. The van der Waals surface area contributed by atoms with Gasteiger partial charge in [0.2, 0.25) is 0 Å². The molecule has 7 heteroatoms. The van der Waals surface area contributed by atoms with Gasteiger partial charge in [0.05, 0.1) is 5.88 Å². The van der Waals surface area contributed by atoms with Gasteiger partial charge >= 0.3 is 12.1 Å². The van der Waals surface area contributed by atoms with Gasteiger partial charge in [-0.05, 0) is 17.7 Å². The van der Waals surface area contributed by atoms with E-state index in [0.717, 1.165) is 5.56 Å². The highest BCUT2D eigenvalue weighted by molar-refractivity contribution is 7.99. The summed E-state index contributed by atoms with van der Waals surface area (Å²) in [5.41, 5.74) is 6.99. The van der Waals surface area contributed by atoms with Crippen LogP contribution in [0.5, 0.6) is 0 Å². The Labute approximate surface area is 114 Å². The lowest BCUT2D eigenvalue weighted by molar-refractivity contribution is -0.141. The first-order valence-corrected chi connectivity index (χ1v) is 6.82. The SMILES string of the molecule is Nc1ccc(COC(=O)N2CSC[C@H]2C(=O)O)cc1. The summed E-state index contributed by atoms with van der Waals surface area (Å²) >= 11 is 1.40. The number of benzene rings is 1. The first kappa shape index (κ1) is 13.5. The summed E-state index contributed by atoms with van der Waals surface area (Å²) in [6, 6.07) is 6.15. The molecule has 102 valence electrons. The van der Waals surface area contributed by atoms with E-state index in [2.05, 4.69) is 0 Å². The number of thioether (sulfide) groups is 1. The quantitative estimate of drug-likeness (QED) is 0.813. The lowest BCUT2D eigenvalue weighted by Gasteiger charge is -2.19. The molecule has 6 nitrogen and oxygen atoms in total. The summed E-state index contributed by atoms with van der Waals surface area (Å²) in [6.45, 7) is 0.104. The van der Waals surface area contributed by atoms with E-state index in [-0.39, 0.29) is 6.61 Å². The molecule has 2 rings (SSSR count). The van der Waals surface area contributed by atoms with Crippen LogP contribution in [0.1, 0.15) is 5.56 Å². The van der Waals surface area contributed by atoms with E-state index in [0.29, 0.717) is 17.3 Å². The molecule has 1 saturated heterocycles. The topological polar surface area (TPSA) is 92.9 Å². The number of anilines is 1. The molecule has 19 heavy (non-hydrogen) atoms. The number of carbonyl (C=O) groups is 2. The number of nitrogens with two attached hydrogens (primary N) is 1. The van der Waals surface area contributed by atoms with Crippen LogP contribution in [0.4, 0.5) is 10.5 Å². The summed E-state index contributed by atoms with van der Waals surface area (Å²) in [5, 5.41) is 8.97. The number of carboxylic acid groups (broad SMARTS) is 1. The van der Waals surface area contributed by atoms with E-state index in [1.54, 1.807) is 24.3 Å². The van der Waals surface area contributed by atoms with Crippen LogP contribution in [0.3, 0.4) is 0 Å². The van der Waals surface area contributed by atoms with Crippen LogP contribution in [0, 0.1) is 0 Å². The van der Waals surface area contributed by atoms with Crippen molar-refractivity contribution in [2.24, 2.45) is 0 Å². The minimum atomic E-state index is -1.01. The molecule has 1 aliphatic heterocycles. The maximum Gasteiger partial charge on any atom is 0.411 e. The van der Waals surface area contributed by atoms with Crippen molar-refractivity contribution in [1.29, 1.82) is 0 Å². The zero-order chi connectivity index (χ0) is 13.8. The Balaban J connectivity index is 1.90. The Morgan fingerprint density at radius 1 is 1.42 bits per heavy atom. The second-order valence-electron chi connectivity index (χ2n) is 4.12. The van der Waals surface area contributed by atoms with Crippen molar-refractivity contribution in [2.45, 2.75) is 12.6 Å². The molecule has 1 aliphatic rings. The molecule has 1 aromatic carbocycles. The highest BCUT2D eigenvalue weighted by atomic mass is 32.2. The highest BCUT2D eigenvalue weighted by Crippen LogP contribution is 2.22. The van der Waals surface area contributed by atoms with Gasteiger partial charge in [-0.25, -0.2) is 9.59 Å². The second-order valence-corrected chi connectivity index (χ2v) is 5.12. The molecule has 0 aliphatic carbocycles. The van der Waals surface area contributed by atoms with Crippen molar-refractivity contribution < 1.29 is 19.4 Å². The molecule has 1 fully saturated rings. The summed E-state index contributed by atoms with van der Waals surface area (Å²) in [6.07, 6.45) is -0.603. The van der Waals surface area contributed by atoms with Crippen molar-refractivity contribution >= 4 is 29.5 Å². The normalized spacial score (nSPS) is 18.3. The number of rotatable bonds is 3. The van der Waals surface area contributed by atoms with Gasteiger partial charge in [-0.15, -0.1) is 11.8 Å². The molecule has 0 saturated carbocycles. The minimum Gasteiger partial charge on any atom is -0.480 e. The van der Waals surface area contributed by atoms with Gasteiger partial charge in [-0.1, -0.05) is 12.1 Å². The predicted molar refractivity (Wildman–Crippen MR) is 71.6 cm³/mol. The fourth-order valence-electron chi connectivity index (χ4n) is 1.67.